The Labute approximate surface area is 102 Å². The highest BCUT2D eigenvalue weighted by molar-refractivity contribution is 5.62. The minimum absolute atomic E-state index is 0.0771. The maximum Gasteiger partial charge on any atom is 0.223 e. The first kappa shape index (κ1) is 11.9. The molecule has 0 saturated carbocycles. The van der Waals surface area contributed by atoms with E-state index in [0.29, 0.717) is 5.56 Å². The summed E-state index contributed by atoms with van der Waals surface area (Å²) in [5.74, 6) is -0.812. The van der Waals surface area contributed by atoms with Crippen molar-refractivity contribution in [2.75, 3.05) is 11.9 Å². The van der Waals surface area contributed by atoms with Crippen LogP contribution in [0.25, 0.3) is 11.1 Å². The number of halogens is 2. The van der Waals surface area contributed by atoms with Crippen molar-refractivity contribution in [1.29, 1.82) is 5.26 Å². The Kier molecular flexibility index (Phi) is 3.44. The van der Waals surface area contributed by atoms with Gasteiger partial charge < -0.3 is 5.32 Å². The smallest absolute Gasteiger partial charge is 0.223 e. The van der Waals surface area contributed by atoms with Gasteiger partial charge in [0.2, 0.25) is 5.95 Å². The van der Waals surface area contributed by atoms with E-state index in [4.69, 9.17) is 5.26 Å². The molecule has 1 N–H and O–H groups in total. The molecular weight excluding hydrogens is 238 g/mol. The average molecular weight is 246 g/mol. The molecule has 0 radical (unpaired) electrons. The van der Waals surface area contributed by atoms with Crippen molar-refractivity contribution in [2.24, 2.45) is 0 Å². The number of benzene rings is 1. The molecule has 0 unspecified atom stereocenters. The van der Waals surface area contributed by atoms with E-state index in [1.165, 1.54) is 12.4 Å². The van der Waals surface area contributed by atoms with Crippen molar-refractivity contribution in [3.63, 3.8) is 0 Å². The summed E-state index contributed by atoms with van der Waals surface area (Å²) in [6, 6.07) is 5.05. The maximum atomic E-state index is 13.5. The summed E-state index contributed by atoms with van der Waals surface area (Å²) in [5, 5.41) is 11.0. The van der Waals surface area contributed by atoms with E-state index in [1.807, 2.05) is 6.07 Å². The van der Waals surface area contributed by atoms with Gasteiger partial charge in [-0.15, -0.1) is 0 Å². The van der Waals surface area contributed by atoms with Crippen LogP contribution in [0.15, 0.2) is 30.6 Å². The highest BCUT2D eigenvalue weighted by Gasteiger charge is 2.07. The van der Waals surface area contributed by atoms with Crippen molar-refractivity contribution in [3.05, 3.63) is 42.2 Å². The average Bonchev–Trinajstić information content (AvgIpc) is 2.40. The normalized spacial score (nSPS) is 9.83. The Balaban J connectivity index is 2.29. The molecule has 1 heterocycles. The van der Waals surface area contributed by atoms with Crippen molar-refractivity contribution >= 4 is 5.95 Å². The van der Waals surface area contributed by atoms with Crippen molar-refractivity contribution in [2.45, 2.75) is 0 Å². The van der Waals surface area contributed by atoms with Crippen LogP contribution in [0.4, 0.5) is 14.7 Å². The monoisotopic (exact) mass is 246 g/mol. The van der Waals surface area contributed by atoms with Gasteiger partial charge in [-0.2, -0.15) is 5.26 Å². The molecule has 1 aromatic carbocycles. The molecule has 0 spiro atoms. The molecule has 0 fully saturated rings. The topological polar surface area (TPSA) is 61.6 Å². The molecule has 0 aliphatic rings. The summed E-state index contributed by atoms with van der Waals surface area (Å²) in [5.41, 5.74) is 0.469. The minimum atomic E-state index is -0.544. The van der Waals surface area contributed by atoms with E-state index >= 15 is 0 Å². The molecule has 0 atom stereocenters. The van der Waals surface area contributed by atoms with Crippen molar-refractivity contribution < 1.29 is 8.78 Å². The molecule has 0 saturated heterocycles. The molecule has 0 amide bonds. The van der Waals surface area contributed by atoms with Crippen LogP contribution in [0.2, 0.25) is 0 Å². The van der Waals surface area contributed by atoms with Gasteiger partial charge in [-0.05, 0) is 18.2 Å². The molecule has 2 rings (SSSR count). The lowest BCUT2D eigenvalue weighted by Gasteiger charge is -2.04. The van der Waals surface area contributed by atoms with E-state index in [9.17, 15) is 8.78 Å². The highest BCUT2D eigenvalue weighted by Crippen LogP contribution is 2.22. The summed E-state index contributed by atoms with van der Waals surface area (Å²) < 4.78 is 26.5. The largest absolute Gasteiger partial charge is 0.341 e. The quantitative estimate of drug-likeness (QED) is 0.844. The Morgan fingerprint density at radius 3 is 2.61 bits per heavy atom. The predicted octanol–water partition coefficient (Wildman–Crippen LogP) is 2.36. The first-order valence-electron chi connectivity index (χ1n) is 5.09. The molecule has 0 aliphatic heterocycles. The molecule has 6 heteroatoms. The van der Waals surface area contributed by atoms with Gasteiger partial charge in [-0.3, -0.25) is 0 Å². The predicted molar refractivity (Wildman–Crippen MR) is 61.5 cm³/mol. The molecule has 2 aromatic rings. The lowest BCUT2D eigenvalue weighted by molar-refractivity contribution is 0.603. The third-order valence-corrected chi connectivity index (χ3v) is 2.22. The van der Waals surface area contributed by atoms with Crippen LogP contribution >= 0.6 is 0 Å². The van der Waals surface area contributed by atoms with Gasteiger partial charge in [0, 0.05) is 23.5 Å². The number of aromatic nitrogens is 2. The minimum Gasteiger partial charge on any atom is -0.341 e. The number of nitriles is 1. The standard InChI is InChI=1S/C12H8F2N4/c13-9-1-2-11(14)10(5-9)8-6-17-12(18-7-8)16-4-3-15/h1-2,5-7H,4H2,(H,16,17,18). The summed E-state index contributed by atoms with van der Waals surface area (Å²) in [7, 11) is 0. The fraction of sp³-hybridized carbons (Fsp3) is 0.0833. The molecule has 18 heavy (non-hydrogen) atoms. The number of hydrogen-bond acceptors (Lipinski definition) is 4. The van der Waals surface area contributed by atoms with Crippen LogP contribution in [0.5, 0.6) is 0 Å². The first-order valence-corrected chi connectivity index (χ1v) is 5.09. The van der Waals surface area contributed by atoms with Gasteiger partial charge in [0.15, 0.2) is 0 Å². The van der Waals surface area contributed by atoms with Gasteiger partial charge in [0.05, 0.1) is 6.07 Å². The highest BCUT2D eigenvalue weighted by atomic mass is 19.1. The fourth-order valence-electron chi connectivity index (χ4n) is 1.40. The van der Waals surface area contributed by atoms with Gasteiger partial charge in [0.1, 0.15) is 18.2 Å². The van der Waals surface area contributed by atoms with Crippen LogP contribution in [0.3, 0.4) is 0 Å². The summed E-state index contributed by atoms with van der Waals surface area (Å²) >= 11 is 0. The summed E-state index contributed by atoms with van der Waals surface area (Å²) in [4.78, 5) is 7.80. The number of anilines is 1. The van der Waals surface area contributed by atoms with Gasteiger partial charge in [0.25, 0.3) is 0 Å². The van der Waals surface area contributed by atoms with Gasteiger partial charge in [-0.25, -0.2) is 18.7 Å². The maximum absolute atomic E-state index is 13.5. The number of nitrogens with zero attached hydrogens (tertiary/aromatic N) is 3. The van der Waals surface area contributed by atoms with Crippen LogP contribution in [-0.2, 0) is 0 Å². The number of hydrogen-bond donors (Lipinski definition) is 1. The van der Waals surface area contributed by atoms with Crippen LogP contribution in [0.1, 0.15) is 0 Å². The van der Waals surface area contributed by atoms with Gasteiger partial charge in [-0.1, -0.05) is 0 Å². The number of rotatable bonds is 3. The molecule has 0 bridgehead atoms. The van der Waals surface area contributed by atoms with Crippen LogP contribution in [-0.4, -0.2) is 16.5 Å². The zero-order valence-corrected chi connectivity index (χ0v) is 9.19. The lowest BCUT2D eigenvalue weighted by Crippen LogP contribution is -2.02. The van der Waals surface area contributed by atoms with Crippen LogP contribution < -0.4 is 5.32 Å². The van der Waals surface area contributed by atoms with E-state index in [1.54, 1.807) is 0 Å². The Bertz CT molecular complexity index is 590. The van der Waals surface area contributed by atoms with Gasteiger partial charge >= 0.3 is 0 Å². The third-order valence-electron chi connectivity index (χ3n) is 2.22. The van der Waals surface area contributed by atoms with Crippen LogP contribution in [0, 0.1) is 23.0 Å². The Morgan fingerprint density at radius 1 is 1.22 bits per heavy atom. The number of nitrogens with one attached hydrogen (secondary N) is 1. The fourth-order valence-corrected chi connectivity index (χ4v) is 1.40. The Hall–Kier alpha value is -2.55. The molecular formula is C12H8F2N4. The van der Waals surface area contributed by atoms with E-state index in [-0.39, 0.29) is 18.1 Å². The lowest BCUT2D eigenvalue weighted by atomic mass is 10.1. The van der Waals surface area contributed by atoms with E-state index < -0.39 is 11.6 Å². The van der Waals surface area contributed by atoms with E-state index in [2.05, 4.69) is 15.3 Å². The second-order valence-corrected chi connectivity index (χ2v) is 3.43. The molecule has 90 valence electrons. The zero-order chi connectivity index (χ0) is 13.0. The summed E-state index contributed by atoms with van der Waals surface area (Å²) in [6.45, 7) is 0.0771. The molecule has 4 nitrogen and oxygen atoms in total. The SMILES string of the molecule is N#CCNc1ncc(-c2cc(F)ccc2F)cn1. The molecule has 0 aliphatic carbocycles. The summed E-state index contributed by atoms with van der Waals surface area (Å²) in [6.07, 6.45) is 2.73. The second kappa shape index (κ2) is 5.19. The third kappa shape index (κ3) is 2.58. The second-order valence-electron chi connectivity index (χ2n) is 3.43. The Morgan fingerprint density at radius 2 is 1.94 bits per heavy atom. The van der Waals surface area contributed by atoms with Crippen molar-refractivity contribution in [1.82, 2.24) is 9.97 Å². The first-order chi connectivity index (χ1) is 8.70. The zero-order valence-electron chi connectivity index (χ0n) is 9.19. The molecule has 1 aromatic heterocycles. The van der Waals surface area contributed by atoms with E-state index in [0.717, 1.165) is 18.2 Å². The van der Waals surface area contributed by atoms with Crippen molar-refractivity contribution in [3.8, 4) is 17.2 Å².